The normalized spacial score (nSPS) is 25.6. The number of hydrogen-bond donors (Lipinski definition) is 1. The van der Waals surface area contributed by atoms with Crippen molar-refractivity contribution in [3.63, 3.8) is 0 Å². The number of hydrogen-bond acceptors (Lipinski definition) is 8. The van der Waals surface area contributed by atoms with Crippen LogP contribution in [-0.4, -0.2) is 67.3 Å². The molecule has 0 radical (unpaired) electrons. The molecule has 212 valence electrons. The van der Waals surface area contributed by atoms with Gasteiger partial charge in [0.1, 0.15) is 11.9 Å². The zero-order valence-corrected chi connectivity index (χ0v) is 24.3. The number of piperidine rings is 2. The van der Waals surface area contributed by atoms with Crippen LogP contribution in [-0.2, 0) is 5.54 Å². The minimum Gasteiger partial charge on any atom is -0.474 e. The second kappa shape index (κ2) is 9.54. The quantitative estimate of drug-likeness (QED) is 0.499. The van der Waals surface area contributed by atoms with Gasteiger partial charge >= 0.3 is 0 Å². The maximum Gasteiger partial charge on any atom is 0.257 e. The molecule has 40 heavy (non-hydrogen) atoms. The van der Waals surface area contributed by atoms with Gasteiger partial charge in [-0.2, -0.15) is 10.1 Å². The predicted octanol–water partition coefficient (Wildman–Crippen LogP) is 3.72. The van der Waals surface area contributed by atoms with Crippen molar-refractivity contribution in [2.24, 2.45) is 23.0 Å². The molecule has 5 heterocycles. The van der Waals surface area contributed by atoms with Crippen molar-refractivity contribution in [1.82, 2.24) is 29.6 Å². The molecule has 3 aromatic rings. The third kappa shape index (κ3) is 5.05. The van der Waals surface area contributed by atoms with Crippen LogP contribution < -0.4 is 15.4 Å². The first-order valence-corrected chi connectivity index (χ1v) is 14.3. The summed E-state index contributed by atoms with van der Waals surface area (Å²) in [7, 11) is 0. The molecule has 2 N–H and O–H groups in total. The van der Waals surface area contributed by atoms with Crippen molar-refractivity contribution < 1.29 is 9.53 Å². The Morgan fingerprint density at radius 2 is 1.85 bits per heavy atom. The molecule has 10 heteroatoms. The zero-order chi connectivity index (χ0) is 28.4. The number of likely N-dealkylation sites (tertiary alicyclic amines) is 1. The highest BCUT2D eigenvalue weighted by atomic mass is 16.5. The van der Waals surface area contributed by atoms with E-state index in [2.05, 4.69) is 46.8 Å². The van der Waals surface area contributed by atoms with Crippen molar-refractivity contribution in [1.29, 1.82) is 0 Å². The van der Waals surface area contributed by atoms with Gasteiger partial charge in [-0.25, -0.2) is 14.6 Å². The monoisotopic (exact) mass is 544 g/mol. The van der Waals surface area contributed by atoms with Crippen LogP contribution in [0.15, 0.2) is 36.8 Å². The van der Waals surface area contributed by atoms with Gasteiger partial charge in [0.25, 0.3) is 5.91 Å². The Kier molecular flexibility index (Phi) is 6.36. The highest BCUT2D eigenvalue weighted by Crippen LogP contribution is 2.48. The number of nitrogens with zero attached hydrogens (tertiary/aromatic N) is 7. The summed E-state index contributed by atoms with van der Waals surface area (Å²) in [5.41, 5.74) is 8.62. The lowest BCUT2D eigenvalue weighted by Gasteiger charge is -2.43. The second-order valence-electron chi connectivity index (χ2n) is 13.2. The molecule has 2 unspecified atom stereocenters. The average molecular weight is 545 g/mol. The Morgan fingerprint density at radius 1 is 1.15 bits per heavy atom. The number of carbonyl (C=O) groups excluding carboxylic acids is 1. The van der Waals surface area contributed by atoms with Crippen molar-refractivity contribution in [2.45, 2.75) is 72.1 Å². The molecule has 1 amide bonds. The van der Waals surface area contributed by atoms with Crippen LogP contribution in [0.1, 0.15) is 69.1 Å². The maximum atomic E-state index is 13.4. The number of anilines is 1. The average Bonchev–Trinajstić information content (AvgIpc) is 3.20. The van der Waals surface area contributed by atoms with E-state index >= 15 is 0 Å². The molecule has 2 saturated heterocycles. The molecule has 1 saturated carbocycles. The summed E-state index contributed by atoms with van der Waals surface area (Å²) in [5.74, 6) is 2.59. The fourth-order valence-electron chi connectivity index (χ4n) is 6.37. The number of amides is 1. The van der Waals surface area contributed by atoms with Gasteiger partial charge in [-0.1, -0.05) is 13.8 Å². The lowest BCUT2D eigenvalue weighted by Crippen LogP contribution is -2.44. The van der Waals surface area contributed by atoms with Gasteiger partial charge in [-0.15, -0.1) is 0 Å². The molecule has 3 aliphatic rings. The van der Waals surface area contributed by atoms with E-state index < -0.39 is 5.54 Å². The van der Waals surface area contributed by atoms with Crippen molar-refractivity contribution in [2.75, 3.05) is 24.5 Å². The SMILES string of the molecule is Cc1nn(-c2ncccn2)cc1C(=O)N1C[C@@H]2C(Oc3cc(C(C)(C)N)cc(N4CCC(C)(C)CC4C)n3)[C@@H]2C1. The van der Waals surface area contributed by atoms with Crippen LogP contribution in [0.3, 0.4) is 0 Å². The van der Waals surface area contributed by atoms with E-state index in [-0.39, 0.29) is 12.0 Å². The minimum atomic E-state index is -0.510. The number of pyridine rings is 1. The molecular formula is C30H40N8O2. The molecule has 2 aliphatic heterocycles. The molecule has 3 fully saturated rings. The Balaban J connectivity index is 1.14. The molecule has 1 aliphatic carbocycles. The van der Waals surface area contributed by atoms with Gasteiger partial charge in [0.2, 0.25) is 11.8 Å². The van der Waals surface area contributed by atoms with Crippen LogP contribution in [0, 0.1) is 24.2 Å². The van der Waals surface area contributed by atoms with E-state index in [9.17, 15) is 4.79 Å². The number of nitrogens with two attached hydrogens (primary N) is 1. The van der Waals surface area contributed by atoms with Gasteiger partial charge in [-0.3, -0.25) is 4.79 Å². The summed E-state index contributed by atoms with van der Waals surface area (Å²) >= 11 is 0. The van der Waals surface area contributed by atoms with Gasteiger partial charge in [-0.05, 0) is 63.6 Å². The number of aryl methyl sites for hydroxylation is 1. The third-order valence-electron chi connectivity index (χ3n) is 8.78. The molecule has 0 bridgehead atoms. The summed E-state index contributed by atoms with van der Waals surface area (Å²) in [5, 5.41) is 4.46. The first-order chi connectivity index (χ1) is 18.9. The fourth-order valence-corrected chi connectivity index (χ4v) is 6.37. The molecule has 4 atom stereocenters. The van der Waals surface area contributed by atoms with Crippen molar-refractivity contribution in [3.8, 4) is 11.8 Å². The van der Waals surface area contributed by atoms with E-state index in [4.69, 9.17) is 15.5 Å². The smallest absolute Gasteiger partial charge is 0.257 e. The number of rotatable bonds is 6. The number of carbonyl (C=O) groups is 1. The Bertz CT molecular complexity index is 1400. The summed E-state index contributed by atoms with van der Waals surface area (Å²) in [6.45, 7) is 15.1. The zero-order valence-electron chi connectivity index (χ0n) is 24.3. The molecule has 3 aromatic heterocycles. The highest BCUT2D eigenvalue weighted by Gasteiger charge is 2.59. The van der Waals surface area contributed by atoms with Crippen molar-refractivity contribution in [3.05, 3.63) is 53.6 Å². The van der Waals surface area contributed by atoms with E-state index in [0.717, 1.165) is 30.8 Å². The van der Waals surface area contributed by atoms with Gasteiger partial charge < -0.3 is 20.3 Å². The van der Waals surface area contributed by atoms with Crippen LogP contribution in [0.25, 0.3) is 5.95 Å². The Labute approximate surface area is 235 Å². The lowest BCUT2D eigenvalue weighted by atomic mass is 9.79. The minimum absolute atomic E-state index is 0.0140. The van der Waals surface area contributed by atoms with Crippen LogP contribution in [0.2, 0.25) is 0 Å². The third-order valence-corrected chi connectivity index (χ3v) is 8.78. The summed E-state index contributed by atoms with van der Waals surface area (Å²) in [4.78, 5) is 31.1. The topological polar surface area (TPSA) is 115 Å². The number of fused-ring (bicyclic) bond motifs is 1. The molecular weight excluding hydrogens is 504 g/mol. The summed E-state index contributed by atoms with van der Waals surface area (Å²) < 4.78 is 8.05. The predicted molar refractivity (Wildman–Crippen MR) is 152 cm³/mol. The van der Waals surface area contributed by atoms with E-state index in [1.807, 2.05) is 31.7 Å². The van der Waals surface area contributed by atoms with Crippen LogP contribution in [0.4, 0.5) is 5.82 Å². The Hall–Kier alpha value is -3.53. The van der Waals surface area contributed by atoms with Crippen LogP contribution in [0.5, 0.6) is 5.88 Å². The lowest BCUT2D eigenvalue weighted by molar-refractivity contribution is 0.0751. The highest BCUT2D eigenvalue weighted by molar-refractivity contribution is 5.95. The second-order valence-corrected chi connectivity index (χ2v) is 13.2. The van der Waals surface area contributed by atoms with Gasteiger partial charge in [0.15, 0.2) is 0 Å². The summed E-state index contributed by atoms with van der Waals surface area (Å²) in [6.07, 6.45) is 7.34. The van der Waals surface area contributed by atoms with Crippen molar-refractivity contribution >= 4 is 11.7 Å². The van der Waals surface area contributed by atoms with Gasteiger partial charge in [0, 0.05) is 67.7 Å². The number of ether oxygens (including phenoxy) is 1. The fraction of sp³-hybridized carbons (Fsp3) is 0.567. The number of aromatic nitrogens is 5. The maximum absolute atomic E-state index is 13.4. The first kappa shape index (κ1) is 26.7. The Morgan fingerprint density at radius 3 is 2.50 bits per heavy atom. The van der Waals surface area contributed by atoms with E-state index in [1.165, 1.54) is 0 Å². The molecule has 6 rings (SSSR count). The van der Waals surface area contributed by atoms with Crippen LogP contribution >= 0.6 is 0 Å². The summed E-state index contributed by atoms with van der Waals surface area (Å²) in [6, 6.07) is 6.25. The molecule has 0 aromatic carbocycles. The van der Waals surface area contributed by atoms with Gasteiger partial charge in [0.05, 0.1) is 11.3 Å². The largest absolute Gasteiger partial charge is 0.474 e. The van der Waals surface area contributed by atoms with E-state index in [1.54, 1.807) is 29.3 Å². The standard InChI is InChI=1S/C30H40N8O2/c1-18-14-29(3,4)8-11-37(18)24-12-20(30(5,6)31)13-25(34-24)40-26-22-15-36(16-23(22)26)27(39)21-17-38(35-19(21)2)28-32-9-7-10-33-28/h7,9-10,12-13,17-18,22-23,26H,8,11,14-16,31H2,1-6H3/t18?,22-,23+,26?. The first-order valence-electron chi connectivity index (χ1n) is 14.3. The molecule has 0 spiro atoms. The molecule has 10 nitrogen and oxygen atoms in total. The van der Waals surface area contributed by atoms with E-state index in [0.29, 0.717) is 59.5 Å².